The van der Waals surface area contributed by atoms with Gasteiger partial charge in [0.1, 0.15) is 12.6 Å². The number of pyridine rings is 1. The highest BCUT2D eigenvalue weighted by Gasteiger charge is 2.15. The standard InChI is InChI=1S/C11H16N3/c1-10-5-4-6-11(13-10)9-14(2,3)8-7-12/h4-6H,8-9H2,1-3H3/q+1. The summed E-state index contributed by atoms with van der Waals surface area (Å²) in [6.45, 7) is 3.29. The minimum Gasteiger partial charge on any atom is -0.312 e. The minimum atomic E-state index is 0.510. The number of nitrogens with zero attached hydrogens (tertiary/aromatic N) is 3. The number of rotatable bonds is 3. The van der Waals surface area contributed by atoms with Crippen LogP contribution in [-0.4, -0.2) is 30.1 Å². The van der Waals surface area contributed by atoms with Crippen molar-refractivity contribution in [3.8, 4) is 6.07 Å². The maximum absolute atomic E-state index is 8.65. The molecule has 74 valence electrons. The molecule has 3 nitrogen and oxygen atoms in total. The van der Waals surface area contributed by atoms with Crippen molar-refractivity contribution < 1.29 is 4.48 Å². The Labute approximate surface area is 85.2 Å². The Morgan fingerprint density at radius 1 is 1.43 bits per heavy atom. The van der Waals surface area contributed by atoms with E-state index in [1.54, 1.807) is 0 Å². The lowest BCUT2D eigenvalue weighted by Gasteiger charge is -2.26. The van der Waals surface area contributed by atoms with Crippen LogP contribution in [0, 0.1) is 18.3 Å². The van der Waals surface area contributed by atoms with Crippen molar-refractivity contribution in [2.75, 3.05) is 20.6 Å². The number of aromatic nitrogens is 1. The van der Waals surface area contributed by atoms with Crippen molar-refractivity contribution in [3.05, 3.63) is 29.6 Å². The zero-order valence-electron chi connectivity index (χ0n) is 8.99. The number of aryl methyl sites for hydroxylation is 1. The van der Waals surface area contributed by atoms with E-state index in [0.29, 0.717) is 11.0 Å². The molecule has 1 aromatic heterocycles. The molecule has 0 aliphatic rings. The molecule has 14 heavy (non-hydrogen) atoms. The summed E-state index contributed by atoms with van der Waals surface area (Å²) >= 11 is 0. The molecular formula is C11H16N3+. The third kappa shape index (κ3) is 3.15. The molecular weight excluding hydrogens is 174 g/mol. The van der Waals surface area contributed by atoms with Crippen LogP contribution >= 0.6 is 0 Å². The van der Waals surface area contributed by atoms with Gasteiger partial charge in [0.05, 0.1) is 19.8 Å². The Morgan fingerprint density at radius 2 is 2.14 bits per heavy atom. The largest absolute Gasteiger partial charge is 0.312 e. The summed E-state index contributed by atoms with van der Waals surface area (Å²) in [5.41, 5.74) is 2.07. The van der Waals surface area contributed by atoms with Gasteiger partial charge in [0.25, 0.3) is 0 Å². The van der Waals surface area contributed by atoms with E-state index in [9.17, 15) is 0 Å². The van der Waals surface area contributed by atoms with Gasteiger partial charge in [-0.2, -0.15) is 5.26 Å². The first-order chi connectivity index (χ1) is 6.53. The Morgan fingerprint density at radius 3 is 2.71 bits per heavy atom. The number of hydrogen-bond acceptors (Lipinski definition) is 2. The molecule has 0 bridgehead atoms. The molecule has 1 heterocycles. The molecule has 0 unspecified atom stereocenters. The smallest absolute Gasteiger partial charge is 0.166 e. The van der Waals surface area contributed by atoms with Crippen molar-refractivity contribution in [3.63, 3.8) is 0 Å². The molecule has 0 aliphatic carbocycles. The van der Waals surface area contributed by atoms with Gasteiger partial charge in [0.2, 0.25) is 0 Å². The van der Waals surface area contributed by atoms with Crippen molar-refractivity contribution in [2.24, 2.45) is 0 Å². The average Bonchev–Trinajstić information content (AvgIpc) is 2.02. The second-order valence-electron chi connectivity index (χ2n) is 4.18. The van der Waals surface area contributed by atoms with E-state index in [0.717, 1.165) is 17.9 Å². The summed E-state index contributed by atoms with van der Waals surface area (Å²) in [6.07, 6.45) is 0. The highest BCUT2D eigenvalue weighted by molar-refractivity contribution is 5.08. The quantitative estimate of drug-likeness (QED) is 0.535. The van der Waals surface area contributed by atoms with E-state index in [-0.39, 0.29) is 0 Å². The van der Waals surface area contributed by atoms with Crippen molar-refractivity contribution in [1.29, 1.82) is 5.26 Å². The van der Waals surface area contributed by atoms with E-state index in [1.807, 2.05) is 39.2 Å². The minimum absolute atomic E-state index is 0.510. The predicted molar refractivity (Wildman–Crippen MR) is 55.3 cm³/mol. The maximum atomic E-state index is 8.65. The van der Waals surface area contributed by atoms with Crippen LogP contribution in [0.1, 0.15) is 11.4 Å². The number of quaternary nitrogens is 1. The van der Waals surface area contributed by atoms with Gasteiger partial charge in [0.15, 0.2) is 6.54 Å². The predicted octanol–water partition coefficient (Wildman–Crippen LogP) is 1.49. The lowest BCUT2D eigenvalue weighted by molar-refractivity contribution is -0.897. The number of hydrogen-bond donors (Lipinski definition) is 0. The fourth-order valence-corrected chi connectivity index (χ4v) is 1.37. The lowest BCUT2D eigenvalue weighted by Crippen LogP contribution is -2.39. The fraction of sp³-hybridized carbons (Fsp3) is 0.455. The third-order valence-corrected chi connectivity index (χ3v) is 2.03. The molecule has 3 heteroatoms. The molecule has 0 saturated carbocycles. The van der Waals surface area contributed by atoms with Gasteiger partial charge < -0.3 is 4.48 Å². The van der Waals surface area contributed by atoms with Crippen molar-refractivity contribution >= 4 is 0 Å². The molecule has 0 spiro atoms. The average molecular weight is 190 g/mol. The normalized spacial score (nSPS) is 11.0. The first-order valence-corrected chi connectivity index (χ1v) is 4.65. The second kappa shape index (κ2) is 4.21. The Kier molecular flexibility index (Phi) is 3.21. The molecule has 0 aromatic carbocycles. The summed E-state index contributed by atoms with van der Waals surface area (Å²) in [5, 5.41) is 8.65. The number of nitriles is 1. The van der Waals surface area contributed by atoms with Crippen LogP contribution in [0.4, 0.5) is 0 Å². The molecule has 0 saturated heterocycles. The molecule has 1 aromatic rings. The van der Waals surface area contributed by atoms with Crippen LogP contribution in [0.3, 0.4) is 0 Å². The molecule has 0 amide bonds. The summed E-state index contributed by atoms with van der Waals surface area (Å²) < 4.78 is 0.660. The van der Waals surface area contributed by atoms with Crippen molar-refractivity contribution in [1.82, 2.24) is 4.98 Å². The summed E-state index contributed by atoms with van der Waals surface area (Å²) in [4.78, 5) is 4.42. The van der Waals surface area contributed by atoms with Crippen molar-refractivity contribution in [2.45, 2.75) is 13.5 Å². The highest BCUT2D eigenvalue weighted by Crippen LogP contribution is 2.06. The SMILES string of the molecule is Cc1cccc(C[N+](C)(C)CC#N)n1. The third-order valence-electron chi connectivity index (χ3n) is 2.03. The molecule has 0 fully saturated rings. The lowest BCUT2D eigenvalue weighted by atomic mass is 10.3. The highest BCUT2D eigenvalue weighted by atomic mass is 15.3. The summed E-state index contributed by atoms with van der Waals surface area (Å²) in [7, 11) is 4.07. The van der Waals surface area contributed by atoms with Gasteiger partial charge in [-0.15, -0.1) is 0 Å². The van der Waals surface area contributed by atoms with Gasteiger partial charge in [-0.1, -0.05) is 6.07 Å². The maximum Gasteiger partial charge on any atom is 0.166 e. The van der Waals surface area contributed by atoms with E-state index >= 15 is 0 Å². The first-order valence-electron chi connectivity index (χ1n) is 4.65. The van der Waals surface area contributed by atoms with Crippen LogP contribution in [0.5, 0.6) is 0 Å². The van der Waals surface area contributed by atoms with E-state index in [2.05, 4.69) is 11.1 Å². The second-order valence-corrected chi connectivity index (χ2v) is 4.18. The van der Waals surface area contributed by atoms with Gasteiger partial charge in [-0.3, -0.25) is 4.98 Å². The fourth-order valence-electron chi connectivity index (χ4n) is 1.37. The van der Waals surface area contributed by atoms with E-state index in [1.165, 1.54) is 0 Å². The Hall–Kier alpha value is -1.40. The molecule has 0 atom stereocenters. The zero-order valence-corrected chi connectivity index (χ0v) is 8.99. The zero-order chi connectivity index (χ0) is 10.6. The van der Waals surface area contributed by atoms with Gasteiger partial charge in [-0.25, -0.2) is 0 Å². The Balaban J connectivity index is 2.74. The van der Waals surface area contributed by atoms with E-state index in [4.69, 9.17) is 5.26 Å². The van der Waals surface area contributed by atoms with Crippen LogP contribution in [-0.2, 0) is 6.54 Å². The summed E-state index contributed by atoms with van der Waals surface area (Å²) in [6, 6.07) is 8.18. The van der Waals surface area contributed by atoms with Crippen LogP contribution in [0.25, 0.3) is 0 Å². The summed E-state index contributed by atoms with van der Waals surface area (Å²) in [5.74, 6) is 0. The molecule has 0 aliphatic heterocycles. The monoisotopic (exact) mass is 190 g/mol. The molecule has 1 rings (SSSR count). The van der Waals surface area contributed by atoms with Gasteiger partial charge in [0, 0.05) is 5.69 Å². The van der Waals surface area contributed by atoms with Gasteiger partial charge in [-0.05, 0) is 19.1 Å². The van der Waals surface area contributed by atoms with Crippen LogP contribution in [0.2, 0.25) is 0 Å². The topological polar surface area (TPSA) is 36.7 Å². The first kappa shape index (κ1) is 10.7. The van der Waals surface area contributed by atoms with Crippen LogP contribution < -0.4 is 0 Å². The molecule has 0 N–H and O–H groups in total. The van der Waals surface area contributed by atoms with E-state index < -0.39 is 0 Å². The van der Waals surface area contributed by atoms with Crippen LogP contribution in [0.15, 0.2) is 18.2 Å². The Bertz CT molecular complexity index is 350. The van der Waals surface area contributed by atoms with Gasteiger partial charge >= 0.3 is 0 Å². The molecule has 0 radical (unpaired) electrons.